The van der Waals surface area contributed by atoms with Crippen LogP contribution in [0.5, 0.6) is 0 Å². The quantitative estimate of drug-likeness (QED) is 0.718. The van der Waals surface area contributed by atoms with Crippen LogP contribution in [-0.2, 0) is 0 Å². The Morgan fingerprint density at radius 3 is 2.33 bits per heavy atom. The van der Waals surface area contributed by atoms with Gasteiger partial charge >= 0.3 is 0 Å². The van der Waals surface area contributed by atoms with E-state index in [2.05, 4.69) is 31.9 Å². The Kier molecular flexibility index (Phi) is 4.62. The van der Waals surface area contributed by atoms with Gasteiger partial charge in [0.1, 0.15) is 0 Å². The van der Waals surface area contributed by atoms with Gasteiger partial charge in [0.15, 0.2) is 0 Å². The molecule has 0 radical (unpaired) electrons. The lowest BCUT2D eigenvalue weighted by Gasteiger charge is -2.07. The van der Waals surface area contributed by atoms with Gasteiger partial charge in [0, 0.05) is 15.2 Å². The minimum Gasteiger partial charge on any atom is -0.0928 e. The highest BCUT2D eigenvalue weighted by molar-refractivity contribution is 9.09. The average molecular weight is 312 g/mol. The highest BCUT2D eigenvalue weighted by Gasteiger charge is 2.05. The zero-order valence-corrected chi connectivity index (χ0v) is 10.4. The third-order valence-corrected chi connectivity index (χ3v) is 3.29. The van der Waals surface area contributed by atoms with Gasteiger partial charge in [0.25, 0.3) is 0 Å². The van der Waals surface area contributed by atoms with Crippen LogP contribution < -0.4 is 0 Å². The predicted molar refractivity (Wildman–Crippen MR) is 61.5 cm³/mol. The summed E-state index contributed by atoms with van der Waals surface area (Å²) in [5.74, 6) is 0. The zero-order valence-electron chi connectivity index (χ0n) is 6.43. The highest BCUT2D eigenvalue weighted by Crippen LogP contribution is 2.27. The first-order chi connectivity index (χ1) is 5.74. The molecule has 0 amide bonds. The smallest absolute Gasteiger partial charge is 0.0406 e. The Morgan fingerprint density at radius 2 is 1.83 bits per heavy atom. The van der Waals surface area contributed by atoms with Crippen molar-refractivity contribution >= 4 is 43.5 Å². The summed E-state index contributed by atoms with van der Waals surface area (Å²) in [7, 11) is 0. The summed E-state index contributed by atoms with van der Waals surface area (Å²) in [6.07, 6.45) is 1.08. The third kappa shape index (κ3) is 3.08. The fraction of sp³-hybridized carbons (Fsp3) is 0.333. The van der Waals surface area contributed by atoms with E-state index in [0.717, 1.165) is 16.8 Å². The van der Waals surface area contributed by atoms with Crippen LogP contribution in [0, 0.1) is 0 Å². The van der Waals surface area contributed by atoms with Gasteiger partial charge < -0.3 is 0 Å². The van der Waals surface area contributed by atoms with Crippen molar-refractivity contribution in [3.05, 3.63) is 34.9 Å². The molecule has 1 unspecified atom stereocenters. The molecule has 0 aromatic heterocycles. The number of hydrogen-bond acceptors (Lipinski definition) is 0. The second kappa shape index (κ2) is 5.25. The molecule has 0 aliphatic carbocycles. The lowest BCUT2D eigenvalue weighted by molar-refractivity contribution is 0.928. The SMILES string of the molecule is Clc1ccc(C(Br)CCBr)cc1. The van der Waals surface area contributed by atoms with E-state index in [0.29, 0.717) is 4.83 Å². The van der Waals surface area contributed by atoms with Crippen molar-refractivity contribution in [3.63, 3.8) is 0 Å². The molecule has 0 aliphatic rings. The lowest BCUT2D eigenvalue weighted by Crippen LogP contribution is -1.89. The van der Waals surface area contributed by atoms with Crippen LogP contribution in [0.4, 0.5) is 0 Å². The molecule has 0 saturated carbocycles. The van der Waals surface area contributed by atoms with Crippen molar-refractivity contribution in [2.45, 2.75) is 11.2 Å². The number of hydrogen-bond donors (Lipinski definition) is 0. The number of benzene rings is 1. The van der Waals surface area contributed by atoms with Crippen LogP contribution in [0.2, 0.25) is 5.02 Å². The molecule has 12 heavy (non-hydrogen) atoms. The molecular weight excluding hydrogens is 303 g/mol. The second-order valence-corrected chi connectivity index (χ2v) is 4.83. The number of rotatable bonds is 3. The van der Waals surface area contributed by atoms with Gasteiger partial charge in [0.2, 0.25) is 0 Å². The molecule has 1 rings (SSSR count). The maximum Gasteiger partial charge on any atom is 0.0406 e. The first kappa shape index (κ1) is 10.6. The first-order valence-electron chi connectivity index (χ1n) is 3.69. The van der Waals surface area contributed by atoms with E-state index < -0.39 is 0 Å². The molecule has 1 atom stereocenters. The van der Waals surface area contributed by atoms with Gasteiger partial charge in [0.05, 0.1) is 0 Å². The average Bonchev–Trinajstić information content (AvgIpc) is 2.06. The fourth-order valence-electron chi connectivity index (χ4n) is 0.934. The molecule has 3 heteroatoms. The second-order valence-electron chi connectivity index (χ2n) is 2.50. The van der Waals surface area contributed by atoms with E-state index in [1.807, 2.05) is 24.3 Å². The van der Waals surface area contributed by atoms with Gasteiger partial charge in [-0.25, -0.2) is 0 Å². The Morgan fingerprint density at radius 1 is 1.25 bits per heavy atom. The normalized spacial score (nSPS) is 12.9. The van der Waals surface area contributed by atoms with Gasteiger partial charge in [-0.1, -0.05) is 55.6 Å². The lowest BCUT2D eigenvalue weighted by atomic mass is 10.1. The van der Waals surface area contributed by atoms with Crippen LogP contribution >= 0.6 is 43.5 Å². The van der Waals surface area contributed by atoms with Crippen molar-refractivity contribution in [1.29, 1.82) is 0 Å². The Hall–Kier alpha value is 0.470. The molecule has 0 fully saturated rings. The monoisotopic (exact) mass is 310 g/mol. The van der Waals surface area contributed by atoms with Crippen molar-refractivity contribution in [2.24, 2.45) is 0 Å². The Labute approximate surface area is 94.6 Å². The van der Waals surface area contributed by atoms with Crippen molar-refractivity contribution in [2.75, 3.05) is 5.33 Å². The molecule has 0 N–H and O–H groups in total. The molecule has 0 nitrogen and oxygen atoms in total. The zero-order chi connectivity index (χ0) is 8.97. The molecular formula is C9H9Br2Cl. The van der Waals surface area contributed by atoms with Gasteiger partial charge in [-0.2, -0.15) is 0 Å². The summed E-state index contributed by atoms with van der Waals surface area (Å²) in [6.45, 7) is 0. The molecule has 1 aromatic rings. The highest BCUT2D eigenvalue weighted by atomic mass is 79.9. The minimum absolute atomic E-state index is 0.425. The van der Waals surface area contributed by atoms with E-state index in [9.17, 15) is 0 Å². The van der Waals surface area contributed by atoms with Crippen LogP contribution in [0.25, 0.3) is 0 Å². The van der Waals surface area contributed by atoms with Gasteiger partial charge in [-0.15, -0.1) is 0 Å². The fourth-order valence-corrected chi connectivity index (χ4v) is 2.67. The predicted octanol–water partition coefficient (Wildman–Crippen LogP) is 4.56. The van der Waals surface area contributed by atoms with E-state index in [1.165, 1.54) is 5.56 Å². The van der Waals surface area contributed by atoms with E-state index in [1.54, 1.807) is 0 Å². The number of alkyl halides is 2. The Bertz CT molecular complexity index is 233. The summed E-state index contributed by atoms with van der Waals surface area (Å²) in [4.78, 5) is 0.425. The van der Waals surface area contributed by atoms with E-state index >= 15 is 0 Å². The summed E-state index contributed by atoms with van der Waals surface area (Å²) in [5, 5.41) is 1.79. The first-order valence-corrected chi connectivity index (χ1v) is 6.11. The van der Waals surface area contributed by atoms with Crippen molar-refractivity contribution in [3.8, 4) is 0 Å². The minimum atomic E-state index is 0.425. The van der Waals surface area contributed by atoms with Crippen molar-refractivity contribution in [1.82, 2.24) is 0 Å². The summed E-state index contributed by atoms with van der Waals surface area (Å²) in [6, 6.07) is 7.92. The van der Waals surface area contributed by atoms with E-state index in [4.69, 9.17) is 11.6 Å². The molecule has 0 saturated heterocycles. The maximum absolute atomic E-state index is 5.77. The standard InChI is InChI=1S/C9H9Br2Cl/c10-6-5-9(11)7-1-3-8(12)4-2-7/h1-4,9H,5-6H2. The molecule has 0 bridgehead atoms. The maximum atomic E-state index is 5.77. The van der Waals surface area contributed by atoms with Gasteiger partial charge in [-0.05, 0) is 24.1 Å². The largest absolute Gasteiger partial charge is 0.0928 e. The summed E-state index contributed by atoms with van der Waals surface area (Å²) < 4.78 is 0. The van der Waals surface area contributed by atoms with Crippen LogP contribution in [0.3, 0.4) is 0 Å². The topological polar surface area (TPSA) is 0 Å². The van der Waals surface area contributed by atoms with Crippen LogP contribution in [0.1, 0.15) is 16.8 Å². The van der Waals surface area contributed by atoms with E-state index in [-0.39, 0.29) is 0 Å². The summed E-state index contributed by atoms with van der Waals surface area (Å²) >= 11 is 12.8. The number of halogens is 3. The molecule has 1 aromatic carbocycles. The van der Waals surface area contributed by atoms with Gasteiger partial charge in [-0.3, -0.25) is 0 Å². The molecule has 0 spiro atoms. The van der Waals surface area contributed by atoms with Crippen LogP contribution in [-0.4, -0.2) is 5.33 Å². The van der Waals surface area contributed by atoms with Crippen molar-refractivity contribution < 1.29 is 0 Å². The molecule has 0 aliphatic heterocycles. The third-order valence-electron chi connectivity index (χ3n) is 1.59. The molecule has 0 heterocycles. The Balaban J connectivity index is 2.68. The molecule has 66 valence electrons. The van der Waals surface area contributed by atoms with Crippen LogP contribution in [0.15, 0.2) is 24.3 Å². The summed E-state index contributed by atoms with van der Waals surface area (Å²) in [5.41, 5.74) is 1.28.